The number of rotatable bonds is 0. The van der Waals surface area contributed by atoms with E-state index >= 15 is 0 Å². The Hall–Kier alpha value is -1.25. The Morgan fingerprint density at radius 3 is 2.78 bits per heavy atom. The van der Waals surface area contributed by atoms with Crippen molar-refractivity contribution in [3.05, 3.63) is 29.1 Å². The van der Waals surface area contributed by atoms with Crippen LogP contribution in [-0.4, -0.2) is 0 Å². The first-order chi connectivity index (χ1) is 4.22. The molecule has 9 heavy (non-hydrogen) atoms. The van der Waals surface area contributed by atoms with Crippen molar-refractivity contribution in [2.75, 3.05) is 5.73 Å². The molecule has 0 saturated heterocycles. The number of hydrogen-bond acceptors (Lipinski definition) is 2. The van der Waals surface area contributed by atoms with Gasteiger partial charge in [0.1, 0.15) is 0 Å². The average Bonchev–Trinajstić information content (AvgIpc) is 1.83. The number of nitrogens with zero attached hydrogens (tertiary/aromatic N) is 1. The van der Waals surface area contributed by atoms with Gasteiger partial charge < -0.3 is 5.21 Å². The van der Waals surface area contributed by atoms with E-state index in [1.807, 2.05) is 0 Å². The molecule has 0 aromatic carbocycles. The van der Waals surface area contributed by atoms with Gasteiger partial charge in [-0.2, -0.15) is 0 Å². The minimum atomic E-state index is 0.275. The molecule has 3 heteroatoms. The quantitative estimate of drug-likeness (QED) is 0.397. The molecule has 0 aliphatic carbocycles. The maximum Gasteiger partial charge on any atom is 0.278 e. The maximum atomic E-state index is 10.6. The van der Waals surface area contributed by atoms with Gasteiger partial charge in [-0.15, -0.1) is 0 Å². The molecule has 0 spiro atoms. The highest BCUT2D eigenvalue weighted by atomic mass is 16.5. The van der Waals surface area contributed by atoms with Gasteiger partial charge in [-0.05, 0) is 19.1 Å². The molecular formula is C6H8N2O. The number of anilines is 1. The Balaban J connectivity index is 3.25. The molecule has 1 aromatic heterocycles. The molecule has 0 radical (unpaired) electrons. The molecule has 0 aliphatic rings. The molecule has 0 saturated carbocycles. The third-order valence-electron chi connectivity index (χ3n) is 1.21. The molecule has 0 fully saturated rings. The Bertz CT molecular complexity index is 202. The van der Waals surface area contributed by atoms with E-state index < -0.39 is 0 Å². The Morgan fingerprint density at radius 2 is 2.33 bits per heavy atom. The van der Waals surface area contributed by atoms with E-state index in [1.165, 1.54) is 6.20 Å². The first-order valence-electron chi connectivity index (χ1n) is 2.66. The van der Waals surface area contributed by atoms with Gasteiger partial charge in [0.25, 0.3) is 5.82 Å². The van der Waals surface area contributed by atoms with Crippen molar-refractivity contribution in [2.45, 2.75) is 6.92 Å². The van der Waals surface area contributed by atoms with E-state index in [0.717, 1.165) is 5.56 Å². The van der Waals surface area contributed by atoms with Crippen LogP contribution in [0, 0.1) is 12.1 Å². The highest BCUT2D eigenvalue weighted by molar-refractivity contribution is 5.31. The van der Waals surface area contributed by atoms with Crippen LogP contribution >= 0.6 is 0 Å². The van der Waals surface area contributed by atoms with Gasteiger partial charge in [0, 0.05) is 5.56 Å². The van der Waals surface area contributed by atoms with Crippen molar-refractivity contribution in [2.24, 2.45) is 0 Å². The van der Waals surface area contributed by atoms with Gasteiger partial charge in [-0.25, -0.2) is 4.73 Å². The maximum absolute atomic E-state index is 10.6. The first-order valence-corrected chi connectivity index (χ1v) is 2.66. The number of hydrogen-bond donors (Lipinski definition) is 1. The number of nitrogens with two attached hydrogens (primary N) is 1. The summed E-state index contributed by atoms with van der Waals surface area (Å²) in [5, 5.41) is 10.6. The fourth-order valence-electron chi connectivity index (χ4n) is 0.605. The van der Waals surface area contributed by atoms with Crippen molar-refractivity contribution in [1.29, 1.82) is 0 Å². The fraction of sp³-hybridized carbons (Fsp3) is 0.167. The summed E-state index contributed by atoms with van der Waals surface area (Å²) in [4.78, 5) is 0. The molecule has 0 bridgehead atoms. The van der Waals surface area contributed by atoms with Crippen LogP contribution in [0.3, 0.4) is 0 Å². The highest BCUT2D eigenvalue weighted by Gasteiger charge is 1.97. The molecule has 0 atom stereocenters. The van der Waals surface area contributed by atoms with Gasteiger partial charge in [0.2, 0.25) is 0 Å². The summed E-state index contributed by atoms with van der Waals surface area (Å²) in [6.45, 7) is 1.80. The zero-order chi connectivity index (χ0) is 6.85. The Morgan fingerprint density at radius 1 is 1.67 bits per heavy atom. The fourth-order valence-corrected chi connectivity index (χ4v) is 0.605. The van der Waals surface area contributed by atoms with Crippen LogP contribution < -0.4 is 10.5 Å². The van der Waals surface area contributed by atoms with E-state index in [-0.39, 0.29) is 5.82 Å². The standard InChI is InChI=1S/C6H8N2O/c1-5-3-2-4-8(9)6(5)7/h2-4H,7H2,1H3. The summed E-state index contributed by atoms with van der Waals surface area (Å²) < 4.78 is 0.648. The smallest absolute Gasteiger partial charge is 0.278 e. The monoisotopic (exact) mass is 124 g/mol. The molecule has 3 nitrogen and oxygen atoms in total. The zero-order valence-electron chi connectivity index (χ0n) is 5.16. The number of nitrogen functional groups attached to an aromatic ring is 1. The third-order valence-corrected chi connectivity index (χ3v) is 1.21. The predicted octanol–water partition coefficient (Wildman–Crippen LogP) is 0.211. The van der Waals surface area contributed by atoms with Crippen LogP contribution in [0.2, 0.25) is 0 Å². The van der Waals surface area contributed by atoms with Crippen LogP contribution in [0.4, 0.5) is 5.82 Å². The Kier molecular flexibility index (Phi) is 1.26. The molecule has 1 aromatic rings. The molecule has 0 unspecified atom stereocenters. The van der Waals surface area contributed by atoms with E-state index in [0.29, 0.717) is 4.73 Å². The number of aromatic nitrogens is 1. The lowest BCUT2D eigenvalue weighted by Crippen LogP contribution is -2.30. The highest BCUT2D eigenvalue weighted by Crippen LogP contribution is 2.00. The number of aryl methyl sites for hydroxylation is 1. The largest absolute Gasteiger partial charge is 0.711 e. The van der Waals surface area contributed by atoms with Gasteiger partial charge in [-0.1, -0.05) is 0 Å². The zero-order valence-corrected chi connectivity index (χ0v) is 5.16. The second-order valence-electron chi connectivity index (χ2n) is 1.90. The molecular weight excluding hydrogens is 116 g/mol. The lowest BCUT2D eigenvalue weighted by atomic mass is 10.3. The van der Waals surface area contributed by atoms with E-state index in [9.17, 15) is 5.21 Å². The van der Waals surface area contributed by atoms with Crippen molar-refractivity contribution in [3.8, 4) is 0 Å². The molecule has 1 heterocycles. The van der Waals surface area contributed by atoms with E-state index in [4.69, 9.17) is 5.73 Å². The van der Waals surface area contributed by atoms with Crippen LogP contribution in [0.25, 0.3) is 0 Å². The minimum absolute atomic E-state index is 0.275. The number of pyridine rings is 1. The van der Waals surface area contributed by atoms with Crippen molar-refractivity contribution in [1.82, 2.24) is 0 Å². The SMILES string of the molecule is Cc1ccc[n+]([O-])c1N. The van der Waals surface area contributed by atoms with Crippen LogP contribution in [0.5, 0.6) is 0 Å². The third kappa shape index (κ3) is 0.937. The topological polar surface area (TPSA) is 53.0 Å². The molecule has 1 rings (SSSR count). The molecule has 2 N–H and O–H groups in total. The molecule has 0 amide bonds. The minimum Gasteiger partial charge on any atom is -0.711 e. The van der Waals surface area contributed by atoms with Crippen molar-refractivity contribution < 1.29 is 4.73 Å². The second kappa shape index (κ2) is 1.93. The van der Waals surface area contributed by atoms with E-state index in [2.05, 4.69) is 0 Å². The van der Waals surface area contributed by atoms with Gasteiger partial charge >= 0.3 is 0 Å². The van der Waals surface area contributed by atoms with Crippen LogP contribution in [-0.2, 0) is 0 Å². The first kappa shape index (κ1) is 5.88. The van der Waals surface area contributed by atoms with E-state index in [1.54, 1.807) is 19.1 Å². The van der Waals surface area contributed by atoms with Gasteiger partial charge in [0.15, 0.2) is 0 Å². The van der Waals surface area contributed by atoms with Gasteiger partial charge in [0.05, 0.1) is 6.20 Å². The summed E-state index contributed by atoms with van der Waals surface area (Å²) >= 11 is 0. The molecule has 48 valence electrons. The van der Waals surface area contributed by atoms with Gasteiger partial charge in [-0.3, -0.25) is 5.73 Å². The summed E-state index contributed by atoms with van der Waals surface area (Å²) in [5.74, 6) is 0.275. The Labute approximate surface area is 53.3 Å². The van der Waals surface area contributed by atoms with Crippen molar-refractivity contribution in [3.63, 3.8) is 0 Å². The summed E-state index contributed by atoms with van der Waals surface area (Å²) in [6, 6.07) is 3.46. The summed E-state index contributed by atoms with van der Waals surface area (Å²) in [6.07, 6.45) is 1.38. The normalized spacial score (nSPS) is 9.44. The lowest BCUT2D eigenvalue weighted by molar-refractivity contribution is -0.590. The van der Waals surface area contributed by atoms with Crippen molar-refractivity contribution >= 4 is 5.82 Å². The molecule has 0 aliphatic heterocycles. The van der Waals surface area contributed by atoms with Crippen LogP contribution in [0.15, 0.2) is 18.3 Å². The summed E-state index contributed by atoms with van der Waals surface area (Å²) in [7, 11) is 0. The lowest BCUT2D eigenvalue weighted by Gasteiger charge is -2.03. The average molecular weight is 124 g/mol. The second-order valence-corrected chi connectivity index (χ2v) is 1.90. The summed E-state index contributed by atoms with van der Waals surface area (Å²) in [5.41, 5.74) is 6.14. The predicted molar refractivity (Wildman–Crippen MR) is 34.6 cm³/mol. The van der Waals surface area contributed by atoms with Crippen LogP contribution in [0.1, 0.15) is 5.56 Å².